The first kappa shape index (κ1) is 29.1. The van der Waals surface area contributed by atoms with Crippen LogP contribution in [0.5, 0.6) is 0 Å². The summed E-state index contributed by atoms with van der Waals surface area (Å²) in [7, 11) is 0. The van der Waals surface area contributed by atoms with Crippen molar-refractivity contribution in [1.82, 2.24) is 20.1 Å². The van der Waals surface area contributed by atoms with Crippen molar-refractivity contribution >= 4 is 17.7 Å². The first-order valence-electron chi connectivity index (χ1n) is 13.5. The number of carbonyl (C=O) groups is 2. The molecular weight excluding hydrogens is 523 g/mol. The minimum atomic E-state index is -4.45. The van der Waals surface area contributed by atoms with Gasteiger partial charge in [0.25, 0.3) is 5.91 Å². The lowest BCUT2D eigenvalue weighted by Gasteiger charge is -2.23. The van der Waals surface area contributed by atoms with Gasteiger partial charge in [-0.25, -0.2) is 9.67 Å². The second-order valence-electron chi connectivity index (χ2n) is 9.99. The minimum Gasteiger partial charge on any atom is -0.466 e. The Morgan fingerprint density at radius 2 is 1.90 bits per heavy atom. The number of halogens is 3. The van der Waals surface area contributed by atoms with Gasteiger partial charge in [0.1, 0.15) is 5.82 Å². The van der Waals surface area contributed by atoms with E-state index < -0.39 is 11.7 Å². The number of pyridine rings is 1. The largest absolute Gasteiger partial charge is 0.466 e. The van der Waals surface area contributed by atoms with Gasteiger partial charge < -0.3 is 15.4 Å². The summed E-state index contributed by atoms with van der Waals surface area (Å²) in [4.78, 5) is 28.2. The average molecular weight is 558 g/mol. The van der Waals surface area contributed by atoms with Crippen LogP contribution >= 0.6 is 0 Å². The summed E-state index contributed by atoms with van der Waals surface area (Å²) < 4.78 is 45.9. The molecule has 1 aliphatic rings. The van der Waals surface area contributed by atoms with Crippen molar-refractivity contribution in [3.8, 4) is 5.69 Å². The normalized spacial score (nSPS) is 13.8. The third-order valence-electron chi connectivity index (χ3n) is 7.18. The van der Waals surface area contributed by atoms with Crippen molar-refractivity contribution in [2.45, 2.75) is 71.5 Å². The van der Waals surface area contributed by atoms with Gasteiger partial charge in [-0.3, -0.25) is 9.59 Å². The number of amides is 1. The van der Waals surface area contributed by atoms with Crippen LogP contribution in [0.25, 0.3) is 5.69 Å². The van der Waals surface area contributed by atoms with E-state index in [1.807, 2.05) is 19.9 Å². The van der Waals surface area contributed by atoms with Gasteiger partial charge in [0.15, 0.2) is 0 Å². The van der Waals surface area contributed by atoms with Crippen LogP contribution in [-0.4, -0.2) is 39.8 Å². The van der Waals surface area contributed by atoms with Gasteiger partial charge in [-0.2, -0.15) is 18.3 Å². The van der Waals surface area contributed by atoms with Crippen LogP contribution in [0.3, 0.4) is 0 Å². The molecule has 1 aliphatic carbocycles. The van der Waals surface area contributed by atoms with Crippen LogP contribution in [0.1, 0.15) is 83.1 Å². The molecule has 0 atom stereocenters. The van der Waals surface area contributed by atoms with Gasteiger partial charge in [0, 0.05) is 25.5 Å². The van der Waals surface area contributed by atoms with Gasteiger partial charge in [0.2, 0.25) is 0 Å². The van der Waals surface area contributed by atoms with E-state index in [2.05, 4.69) is 20.7 Å². The summed E-state index contributed by atoms with van der Waals surface area (Å²) in [6.07, 6.45) is 3.31. The quantitative estimate of drug-likeness (QED) is 0.303. The Balaban J connectivity index is 1.50. The molecule has 0 unspecified atom stereocenters. The fraction of sp³-hybridized carbons (Fsp3) is 0.448. The maximum absolute atomic E-state index is 13.2. The van der Waals surface area contributed by atoms with Crippen LogP contribution in [0.2, 0.25) is 0 Å². The molecule has 8 nitrogen and oxygen atoms in total. The van der Waals surface area contributed by atoms with E-state index in [-0.39, 0.29) is 24.8 Å². The molecule has 40 heavy (non-hydrogen) atoms. The van der Waals surface area contributed by atoms with Crippen molar-refractivity contribution in [2.24, 2.45) is 0 Å². The number of benzene rings is 1. The van der Waals surface area contributed by atoms with Crippen molar-refractivity contribution in [3.63, 3.8) is 0 Å². The Labute approximate surface area is 231 Å². The highest BCUT2D eigenvalue weighted by Crippen LogP contribution is 2.41. The van der Waals surface area contributed by atoms with Gasteiger partial charge >= 0.3 is 12.1 Å². The first-order chi connectivity index (χ1) is 19.1. The molecule has 2 N–H and O–H groups in total. The number of aryl methyl sites for hydroxylation is 1. The summed E-state index contributed by atoms with van der Waals surface area (Å²) in [5, 5.41) is 10.0. The Morgan fingerprint density at radius 3 is 2.52 bits per heavy atom. The van der Waals surface area contributed by atoms with Crippen LogP contribution in [-0.2, 0) is 22.3 Å². The molecule has 1 amide bonds. The zero-order valence-electron chi connectivity index (χ0n) is 22.9. The number of hydrogen-bond donors (Lipinski definition) is 2. The second-order valence-corrected chi connectivity index (χ2v) is 9.99. The summed E-state index contributed by atoms with van der Waals surface area (Å²) >= 11 is 0. The SMILES string of the molecule is CCOC(=O)CCNC(=O)c1ccc(NCc2cc(C)c(-n3cc(C(F)(F)F)cn3)c(C)c2C2CCCC2)nc1. The van der Waals surface area contributed by atoms with Crippen LogP contribution < -0.4 is 10.6 Å². The lowest BCUT2D eigenvalue weighted by molar-refractivity contribution is -0.143. The molecule has 0 radical (unpaired) electrons. The predicted octanol–water partition coefficient (Wildman–Crippen LogP) is 5.86. The number of rotatable bonds is 10. The number of nitrogens with zero attached hydrogens (tertiary/aromatic N) is 3. The fourth-order valence-corrected chi connectivity index (χ4v) is 5.38. The van der Waals surface area contributed by atoms with Crippen molar-refractivity contribution < 1.29 is 27.5 Å². The number of nitrogens with one attached hydrogen (secondary N) is 2. The molecule has 1 saturated carbocycles. The molecule has 1 fully saturated rings. The van der Waals surface area contributed by atoms with Crippen molar-refractivity contribution in [3.05, 3.63) is 70.2 Å². The smallest absolute Gasteiger partial charge is 0.419 e. The van der Waals surface area contributed by atoms with Crippen molar-refractivity contribution in [1.29, 1.82) is 0 Å². The Hall–Kier alpha value is -3.89. The fourth-order valence-electron chi connectivity index (χ4n) is 5.38. The topological polar surface area (TPSA) is 98.1 Å². The number of carbonyl (C=O) groups excluding carboxylic acids is 2. The highest BCUT2D eigenvalue weighted by molar-refractivity contribution is 5.94. The number of alkyl halides is 3. The third-order valence-corrected chi connectivity index (χ3v) is 7.18. The standard InChI is InChI=1S/C29H34F3N5O3/c1-4-40-25(38)11-12-33-28(39)21-9-10-24(34-14-21)35-15-22-13-18(2)27(19(3)26(22)20-7-5-6-8-20)37-17-23(16-36-37)29(30,31)32/h9-10,13-14,16-17,20H,4-8,11-12,15H2,1-3H3,(H,33,39)(H,34,35). The van der Waals surface area contributed by atoms with E-state index in [0.717, 1.165) is 60.3 Å². The number of ether oxygens (including phenoxy) is 1. The van der Waals surface area contributed by atoms with Gasteiger partial charge in [-0.05, 0) is 73.9 Å². The lowest BCUT2D eigenvalue weighted by atomic mass is 9.86. The summed E-state index contributed by atoms with van der Waals surface area (Å²) in [5.41, 5.74) is 4.25. The van der Waals surface area contributed by atoms with E-state index in [0.29, 0.717) is 36.1 Å². The van der Waals surface area contributed by atoms with E-state index in [4.69, 9.17) is 4.74 Å². The second kappa shape index (κ2) is 12.5. The maximum Gasteiger partial charge on any atom is 0.419 e. The number of esters is 1. The van der Waals surface area contributed by atoms with Crippen LogP contribution in [0.15, 0.2) is 36.8 Å². The number of aromatic nitrogens is 3. The molecular formula is C29H34F3N5O3. The molecule has 3 aromatic rings. The van der Waals surface area contributed by atoms with Crippen LogP contribution in [0, 0.1) is 13.8 Å². The molecule has 4 rings (SSSR count). The van der Waals surface area contributed by atoms with E-state index in [1.54, 1.807) is 19.1 Å². The predicted molar refractivity (Wildman–Crippen MR) is 144 cm³/mol. The molecule has 0 bridgehead atoms. The Bertz CT molecular complexity index is 1350. The Morgan fingerprint density at radius 1 is 1.15 bits per heavy atom. The van der Waals surface area contributed by atoms with E-state index in [9.17, 15) is 22.8 Å². The van der Waals surface area contributed by atoms with E-state index >= 15 is 0 Å². The highest BCUT2D eigenvalue weighted by atomic mass is 19.4. The van der Waals surface area contributed by atoms with Crippen molar-refractivity contribution in [2.75, 3.05) is 18.5 Å². The summed E-state index contributed by atoms with van der Waals surface area (Å²) in [5.74, 6) is 0.205. The number of hydrogen-bond acceptors (Lipinski definition) is 6. The van der Waals surface area contributed by atoms with Gasteiger partial charge in [-0.1, -0.05) is 18.9 Å². The molecule has 0 saturated heterocycles. The molecule has 1 aromatic carbocycles. The molecule has 214 valence electrons. The summed E-state index contributed by atoms with van der Waals surface area (Å²) in [6, 6.07) is 5.39. The zero-order valence-corrected chi connectivity index (χ0v) is 22.9. The molecule has 0 spiro atoms. The molecule has 0 aliphatic heterocycles. The van der Waals surface area contributed by atoms with Crippen LogP contribution in [0.4, 0.5) is 19.0 Å². The molecule has 11 heteroatoms. The van der Waals surface area contributed by atoms with E-state index in [1.165, 1.54) is 10.9 Å². The monoisotopic (exact) mass is 557 g/mol. The average Bonchev–Trinajstić information content (AvgIpc) is 3.61. The van der Waals surface area contributed by atoms with Gasteiger partial charge in [0.05, 0.1) is 36.0 Å². The third kappa shape index (κ3) is 6.81. The maximum atomic E-state index is 13.2. The lowest BCUT2D eigenvalue weighted by Crippen LogP contribution is -2.26. The summed E-state index contributed by atoms with van der Waals surface area (Å²) in [6.45, 7) is 6.51. The molecule has 2 aromatic heterocycles. The Kier molecular flexibility index (Phi) is 9.11. The molecule has 2 heterocycles. The highest BCUT2D eigenvalue weighted by Gasteiger charge is 2.33. The zero-order chi connectivity index (χ0) is 28.9. The first-order valence-corrected chi connectivity index (χ1v) is 13.5. The number of anilines is 1. The minimum absolute atomic E-state index is 0.0947. The van der Waals surface area contributed by atoms with Gasteiger partial charge in [-0.15, -0.1) is 0 Å².